The molecule has 0 spiro atoms. The molecular formula is C19H19N3O2. The minimum Gasteiger partial charge on any atom is -0.320 e. The summed E-state index contributed by atoms with van der Waals surface area (Å²) in [5.41, 5.74) is 3.64. The summed E-state index contributed by atoms with van der Waals surface area (Å²) in [5.74, 6) is -0.485. The Balaban J connectivity index is 2.09. The number of aromatic nitrogens is 2. The van der Waals surface area contributed by atoms with Gasteiger partial charge in [0.1, 0.15) is 0 Å². The number of hydrogen-bond acceptors (Lipinski definition) is 3. The SMILES string of the molecule is CCn1c(=O)c(C(=O)Nc2cccc(C)c2C)nc2ccccc21. The molecule has 2 aromatic carbocycles. The van der Waals surface area contributed by atoms with Crippen LogP contribution in [-0.2, 0) is 6.54 Å². The van der Waals surface area contributed by atoms with Crippen molar-refractivity contribution in [2.75, 3.05) is 5.32 Å². The second kappa shape index (κ2) is 6.28. The van der Waals surface area contributed by atoms with Crippen LogP contribution in [0.5, 0.6) is 0 Å². The molecule has 3 aromatic rings. The van der Waals surface area contributed by atoms with Crippen LogP contribution in [0.2, 0.25) is 0 Å². The van der Waals surface area contributed by atoms with Crippen molar-refractivity contribution in [1.29, 1.82) is 0 Å². The molecule has 5 heteroatoms. The second-order valence-corrected chi connectivity index (χ2v) is 5.70. The lowest BCUT2D eigenvalue weighted by Crippen LogP contribution is -2.31. The maximum atomic E-state index is 12.6. The van der Waals surface area contributed by atoms with Crippen LogP contribution < -0.4 is 10.9 Å². The van der Waals surface area contributed by atoms with E-state index < -0.39 is 5.91 Å². The molecule has 0 aliphatic rings. The first-order valence-electron chi connectivity index (χ1n) is 7.90. The Kier molecular flexibility index (Phi) is 4.16. The molecule has 0 saturated heterocycles. The minimum absolute atomic E-state index is 0.0866. The van der Waals surface area contributed by atoms with Gasteiger partial charge in [0, 0.05) is 12.2 Å². The smallest absolute Gasteiger partial charge is 0.282 e. The van der Waals surface area contributed by atoms with E-state index in [1.807, 2.05) is 57.2 Å². The van der Waals surface area contributed by atoms with Crippen molar-refractivity contribution in [2.24, 2.45) is 0 Å². The fraction of sp³-hybridized carbons (Fsp3) is 0.211. The Hall–Kier alpha value is -2.95. The van der Waals surface area contributed by atoms with E-state index in [1.165, 1.54) is 0 Å². The number of nitrogens with one attached hydrogen (secondary N) is 1. The van der Waals surface area contributed by atoms with Gasteiger partial charge in [-0.3, -0.25) is 9.59 Å². The topological polar surface area (TPSA) is 64.0 Å². The Morgan fingerprint density at radius 1 is 1.12 bits per heavy atom. The molecule has 1 N–H and O–H groups in total. The average molecular weight is 321 g/mol. The van der Waals surface area contributed by atoms with E-state index in [9.17, 15) is 9.59 Å². The van der Waals surface area contributed by atoms with E-state index in [-0.39, 0.29) is 11.3 Å². The van der Waals surface area contributed by atoms with Crippen molar-refractivity contribution in [2.45, 2.75) is 27.3 Å². The third kappa shape index (κ3) is 2.69. The van der Waals surface area contributed by atoms with Crippen LogP contribution in [0.4, 0.5) is 5.69 Å². The van der Waals surface area contributed by atoms with Gasteiger partial charge in [0.25, 0.3) is 11.5 Å². The molecular weight excluding hydrogens is 302 g/mol. The van der Waals surface area contributed by atoms with Crippen LogP contribution in [0.3, 0.4) is 0 Å². The lowest BCUT2D eigenvalue weighted by Gasteiger charge is -2.12. The van der Waals surface area contributed by atoms with Crippen molar-refractivity contribution in [1.82, 2.24) is 9.55 Å². The van der Waals surface area contributed by atoms with E-state index in [4.69, 9.17) is 0 Å². The Morgan fingerprint density at radius 3 is 2.62 bits per heavy atom. The van der Waals surface area contributed by atoms with Crippen molar-refractivity contribution < 1.29 is 4.79 Å². The van der Waals surface area contributed by atoms with Crippen LogP contribution in [0.25, 0.3) is 11.0 Å². The molecule has 0 fully saturated rings. The number of benzene rings is 2. The number of nitrogens with zero attached hydrogens (tertiary/aromatic N) is 2. The fourth-order valence-corrected chi connectivity index (χ4v) is 2.72. The predicted molar refractivity (Wildman–Crippen MR) is 95.5 cm³/mol. The van der Waals surface area contributed by atoms with Crippen LogP contribution in [0, 0.1) is 13.8 Å². The molecule has 1 heterocycles. The summed E-state index contributed by atoms with van der Waals surface area (Å²) in [6.07, 6.45) is 0. The third-order valence-corrected chi connectivity index (χ3v) is 4.24. The molecule has 122 valence electrons. The molecule has 0 unspecified atom stereocenters. The molecule has 0 aliphatic carbocycles. The lowest BCUT2D eigenvalue weighted by atomic mass is 10.1. The normalized spacial score (nSPS) is 10.8. The molecule has 0 bridgehead atoms. The Bertz CT molecular complexity index is 990. The molecule has 3 rings (SSSR count). The number of hydrogen-bond donors (Lipinski definition) is 1. The quantitative estimate of drug-likeness (QED) is 0.805. The van der Waals surface area contributed by atoms with Gasteiger partial charge in [-0.25, -0.2) is 4.98 Å². The number of aryl methyl sites for hydroxylation is 2. The van der Waals surface area contributed by atoms with Crippen molar-refractivity contribution in [3.05, 3.63) is 69.6 Å². The Labute approximate surface area is 140 Å². The molecule has 0 saturated carbocycles. The van der Waals surface area contributed by atoms with Crippen LogP contribution >= 0.6 is 0 Å². The van der Waals surface area contributed by atoms with Gasteiger partial charge in [-0.1, -0.05) is 24.3 Å². The van der Waals surface area contributed by atoms with Crippen molar-refractivity contribution in [3.63, 3.8) is 0 Å². The first kappa shape index (κ1) is 15.9. The van der Waals surface area contributed by atoms with Gasteiger partial charge in [-0.15, -0.1) is 0 Å². The van der Waals surface area contributed by atoms with Crippen molar-refractivity contribution in [3.8, 4) is 0 Å². The summed E-state index contributed by atoms with van der Waals surface area (Å²) in [4.78, 5) is 29.5. The van der Waals surface area contributed by atoms with E-state index >= 15 is 0 Å². The van der Waals surface area contributed by atoms with Gasteiger partial charge in [0.2, 0.25) is 0 Å². The van der Waals surface area contributed by atoms with Crippen LogP contribution in [0.15, 0.2) is 47.3 Å². The molecule has 1 amide bonds. The largest absolute Gasteiger partial charge is 0.320 e. The molecule has 1 aromatic heterocycles. The van der Waals surface area contributed by atoms with E-state index in [0.717, 1.165) is 16.6 Å². The number of amides is 1. The second-order valence-electron chi connectivity index (χ2n) is 5.70. The van der Waals surface area contributed by atoms with Gasteiger partial charge >= 0.3 is 0 Å². The summed E-state index contributed by atoms with van der Waals surface area (Å²) in [7, 11) is 0. The average Bonchev–Trinajstić information content (AvgIpc) is 2.58. The molecule has 0 radical (unpaired) electrons. The Morgan fingerprint density at radius 2 is 1.88 bits per heavy atom. The number of carbonyl (C=O) groups excluding carboxylic acids is 1. The summed E-state index contributed by atoms with van der Waals surface area (Å²) < 4.78 is 1.57. The van der Waals surface area contributed by atoms with E-state index in [2.05, 4.69) is 10.3 Å². The maximum absolute atomic E-state index is 12.6. The summed E-state index contributed by atoms with van der Waals surface area (Å²) in [6.45, 7) is 6.26. The van der Waals surface area contributed by atoms with E-state index in [1.54, 1.807) is 10.6 Å². The fourth-order valence-electron chi connectivity index (χ4n) is 2.72. The zero-order chi connectivity index (χ0) is 17.3. The molecule has 5 nitrogen and oxygen atoms in total. The van der Waals surface area contributed by atoms with Gasteiger partial charge in [-0.05, 0) is 50.1 Å². The zero-order valence-corrected chi connectivity index (χ0v) is 14.0. The number of rotatable bonds is 3. The predicted octanol–water partition coefficient (Wildman–Crippen LogP) is 3.29. The highest BCUT2D eigenvalue weighted by Crippen LogP contribution is 2.18. The molecule has 0 atom stereocenters. The zero-order valence-electron chi connectivity index (χ0n) is 14.0. The number of fused-ring (bicyclic) bond motifs is 1. The highest BCUT2D eigenvalue weighted by molar-refractivity contribution is 6.04. The molecule has 0 aliphatic heterocycles. The highest BCUT2D eigenvalue weighted by Gasteiger charge is 2.17. The van der Waals surface area contributed by atoms with Gasteiger partial charge in [0.15, 0.2) is 5.69 Å². The maximum Gasteiger partial charge on any atom is 0.282 e. The van der Waals surface area contributed by atoms with Gasteiger partial charge < -0.3 is 9.88 Å². The van der Waals surface area contributed by atoms with Gasteiger partial charge in [-0.2, -0.15) is 0 Å². The standard InChI is InChI=1S/C19H19N3O2/c1-4-22-16-11-6-5-9-15(16)20-17(19(22)24)18(23)21-14-10-7-8-12(2)13(14)3/h5-11H,4H2,1-3H3,(H,21,23). The molecule has 24 heavy (non-hydrogen) atoms. The number of para-hydroxylation sites is 2. The number of carbonyl (C=O) groups is 1. The first-order valence-corrected chi connectivity index (χ1v) is 7.90. The first-order chi connectivity index (χ1) is 11.5. The summed E-state index contributed by atoms with van der Waals surface area (Å²) in [6, 6.07) is 13.0. The summed E-state index contributed by atoms with van der Waals surface area (Å²) in [5, 5.41) is 2.81. The van der Waals surface area contributed by atoms with Crippen LogP contribution in [-0.4, -0.2) is 15.5 Å². The van der Waals surface area contributed by atoms with Crippen LogP contribution in [0.1, 0.15) is 28.5 Å². The minimum atomic E-state index is -0.485. The third-order valence-electron chi connectivity index (χ3n) is 4.24. The number of anilines is 1. The lowest BCUT2D eigenvalue weighted by molar-refractivity contribution is 0.102. The van der Waals surface area contributed by atoms with Gasteiger partial charge in [0.05, 0.1) is 11.0 Å². The highest BCUT2D eigenvalue weighted by atomic mass is 16.2. The van der Waals surface area contributed by atoms with Crippen molar-refractivity contribution >= 4 is 22.6 Å². The van der Waals surface area contributed by atoms with E-state index in [0.29, 0.717) is 17.7 Å². The monoisotopic (exact) mass is 321 g/mol. The summed E-state index contributed by atoms with van der Waals surface area (Å²) >= 11 is 0.